The number of unbranched alkanes of at least 4 members (excludes halogenated alkanes) is 15. The van der Waals surface area contributed by atoms with Crippen molar-refractivity contribution in [1.29, 1.82) is 0 Å². The van der Waals surface area contributed by atoms with Crippen LogP contribution in [0.3, 0.4) is 0 Å². The van der Waals surface area contributed by atoms with Crippen molar-refractivity contribution in [3.63, 3.8) is 0 Å². The summed E-state index contributed by atoms with van der Waals surface area (Å²) in [6.45, 7) is 4.65. The Morgan fingerprint density at radius 3 is 1.70 bits per heavy atom. The quantitative estimate of drug-likeness (QED) is 0.0357. The molecule has 0 heterocycles. The maximum Gasteiger partial charge on any atom is 0.362 e. The predicted molar refractivity (Wildman–Crippen MR) is 179 cm³/mol. The van der Waals surface area contributed by atoms with Gasteiger partial charge in [-0.05, 0) is 32.1 Å². The smallest absolute Gasteiger partial charge is 0.362 e. The van der Waals surface area contributed by atoms with Crippen LogP contribution in [0, 0.1) is 0 Å². The van der Waals surface area contributed by atoms with E-state index in [4.69, 9.17) is 14.2 Å². The standard InChI is InChI=1S/C36H67NO7/c1-6-8-10-12-14-16-17-19-21-23-25-27-35(39)44-32(30-42-29-28-33(36(40)41)37(3,4)5)31-43-34(38)26-24-22-20-18-15-13-11-9-7-2/h12,14,32-33H,6-11,13,15-31H2,1-5H3/p+1/b14-12+. The number of ether oxygens (including phenoxy) is 3. The molecule has 258 valence electrons. The Morgan fingerprint density at radius 2 is 1.16 bits per heavy atom. The molecule has 0 saturated carbocycles. The monoisotopic (exact) mass is 626 g/mol. The fraction of sp³-hybridized carbons (Fsp3) is 0.861. The van der Waals surface area contributed by atoms with Crippen molar-refractivity contribution in [3.8, 4) is 0 Å². The molecule has 1 N–H and O–H groups in total. The van der Waals surface area contributed by atoms with Crippen LogP contribution in [0.4, 0.5) is 0 Å². The van der Waals surface area contributed by atoms with E-state index in [1.54, 1.807) is 0 Å². The van der Waals surface area contributed by atoms with Crippen molar-refractivity contribution in [1.82, 2.24) is 0 Å². The number of allylic oxidation sites excluding steroid dienone is 2. The summed E-state index contributed by atoms with van der Waals surface area (Å²) in [4.78, 5) is 36.6. The predicted octanol–water partition coefficient (Wildman–Crippen LogP) is 8.41. The number of hydrogen-bond acceptors (Lipinski definition) is 6. The first-order chi connectivity index (χ1) is 21.1. The minimum atomic E-state index is -0.877. The first-order valence-corrected chi connectivity index (χ1v) is 17.7. The van der Waals surface area contributed by atoms with Crippen molar-refractivity contribution < 1.29 is 38.2 Å². The van der Waals surface area contributed by atoms with Gasteiger partial charge in [-0.3, -0.25) is 9.59 Å². The van der Waals surface area contributed by atoms with Crippen molar-refractivity contribution in [2.45, 2.75) is 161 Å². The molecule has 0 aliphatic carbocycles. The molecule has 2 atom stereocenters. The molecule has 2 unspecified atom stereocenters. The van der Waals surface area contributed by atoms with Gasteiger partial charge in [0, 0.05) is 19.3 Å². The molecular formula is C36H68NO7+. The lowest BCUT2D eigenvalue weighted by Crippen LogP contribution is -2.50. The number of esters is 2. The summed E-state index contributed by atoms with van der Waals surface area (Å²) in [5.74, 6) is -1.48. The zero-order valence-electron chi connectivity index (χ0n) is 29.1. The topological polar surface area (TPSA) is 99.1 Å². The Bertz CT molecular complexity index is 747. The zero-order valence-corrected chi connectivity index (χ0v) is 29.1. The van der Waals surface area contributed by atoms with E-state index in [-0.39, 0.29) is 36.2 Å². The van der Waals surface area contributed by atoms with Crippen molar-refractivity contribution in [2.75, 3.05) is 41.0 Å². The maximum atomic E-state index is 12.6. The number of rotatable bonds is 31. The van der Waals surface area contributed by atoms with Gasteiger partial charge in [0.2, 0.25) is 0 Å². The van der Waals surface area contributed by atoms with Gasteiger partial charge >= 0.3 is 17.9 Å². The third-order valence-electron chi connectivity index (χ3n) is 7.91. The van der Waals surface area contributed by atoms with Crippen LogP contribution in [0.5, 0.6) is 0 Å². The van der Waals surface area contributed by atoms with E-state index in [1.165, 1.54) is 64.2 Å². The number of carboxylic acid groups (broad SMARTS) is 1. The third kappa shape index (κ3) is 26.5. The van der Waals surface area contributed by atoms with Gasteiger partial charge in [0.25, 0.3) is 0 Å². The van der Waals surface area contributed by atoms with E-state index in [0.29, 0.717) is 19.3 Å². The number of hydrogen-bond donors (Lipinski definition) is 1. The molecule has 0 aliphatic rings. The van der Waals surface area contributed by atoms with Crippen LogP contribution in [0.2, 0.25) is 0 Å². The van der Waals surface area contributed by atoms with Crippen LogP contribution >= 0.6 is 0 Å². The molecule has 0 saturated heterocycles. The normalized spacial score (nSPS) is 13.2. The molecule has 0 spiro atoms. The highest BCUT2D eigenvalue weighted by Gasteiger charge is 2.31. The third-order valence-corrected chi connectivity index (χ3v) is 7.91. The molecule has 0 aromatic carbocycles. The summed E-state index contributed by atoms with van der Waals surface area (Å²) in [6.07, 6.45) is 25.4. The minimum Gasteiger partial charge on any atom is -0.477 e. The summed E-state index contributed by atoms with van der Waals surface area (Å²) < 4.78 is 17.1. The number of carbonyl (C=O) groups is 3. The highest BCUT2D eigenvalue weighted by molar-refractivity contribution is 5.72. The van der Waals surface area contributed by atoms with Crippen LogP contribution in [-0.4, -0.2) is 80.6 Å². The Hall–Kier alpha value is -1.93. The van der Waals surface area contributed by atoms with E-state index in [0.717, 1.165) is 51.4 Å². The van der Waals surface area contributed by atoms with E-state index >= 15 is 0 Å². The van der Waals surface area contributed by atoms with Gasteiger partial charge in [0.05, 0.1) is 34.4 Å². The minimum absolute atomic E-state index is 0.0501. The Balaban J connectivity index is 4.48. The maximum absolute atomic E-state index is 12.6. The molecule has 0 aromatic rings. The van der Waals surface area contributed by atoms with Gasteiger partial charge in [-0.1, -0.05) is 109 Å². The lowest BCUT2D eigenvalue weighted by molar-refractivity contribution is -0.887. The van der Waals surface area contributed by atoms with E-state index in [2.05, 4.69) is 26.0 Å². The number of aliphatic carboxylic acids is 1. The number of likely N-dealkylation sites (N-methyl/N-ethyl adjacent to an activating group) is 1. The van der Waals surface area contributed by atoms with Crippen LogP contribution in [-0.2, 0) is 28.6 Å². The second kappa shape index (κ2) is 28.5. The van der Waals surface area contributed by atoms with Crippen molar-refractivity contribution in [3.05, 3.63) is 12.2 Å². The molecule has 0 aromatic heterocycles. The number of carbonyl (C=O) groups excluding carboxylic acids is 2. The van der Waals surface area contributed by atoms with Gasteiger partial charge in [0.1, 0.15) is 6.61 Å². The number of quaternary nitrogens is 1. The first-order valence-electron chi connectivity index (χ1n) is 17.7. The van der Waals surface area contributed by atoms with E-state index in [9.17, 15) is 19.5 Å². The average Bonchev–Trinajstić information content (AvgIpc) is 2.96. The average molecular weight is 627 g/mol. The second-order valence-electron chi connectivity index (χ2n) is 13.1. The zero-order chi connectivity index (χ0) is 32.9. The van der Waals surface area contributed by atoms with E-state index in [1.807, 2.05) is 21.1 Å². The van der Waals surface area contributed by atoms with E-state index < -0.39 is 18.1 Å². The largest absolute Gasteiger partial charge is 0.477 e. The van der Waals surface area contributed by atoms with Crippen molar-refractivity contribution >= 4 is 17.9 Å². The first kappa shape index (κ1) is 42.1. The second-order valence-corrected chi connectivity index (χ2v) is 13.1. The molecule has 0 amide bonds. The summed E-state index contributed by atoms with van der Waals surface area (Å²) >= 11 is 0. The summed E-state index contributed by atoms with van der Waals surface area (Å²) in [6, 6.07) is -0.609. The Kier molecular flexibility index (Phi) is 27.3. The highest BCUT2D eigenvalue weighted by atomic mass is 16.6. The summed E-state index contributed by atoms with van der Waals surface area (Å²) in [7, 11) is 5.51. The summed E-state index contributed by atoms with van der Waals surface area (Å²) in [5.41, 5.74) is 0. The van der Waals surface area contributed by atoms with Crippen LogP contribution < -0.4 is 0 Å². The highest BCUT2D eigenvalue weighted by Crippen LogP contribution is 2.13. The molecule has 8 heteroatoms. The fourth-order valence-electron chi connectivity index (χ4n) is 5.07. The molecule has 0 rings (SSSR count). The lowest BCUT2D eigenvalue weighted by Gasteiger charge is -2.31. The lowest BCUT2D eigenvalue weighted by atomic mass is 10.1. The van der Waals surface area contributed by atoms with Crippen LogP contribution in [0.25, 0.3) is 0 Å². The van der Waals surface area contributed by atoms with Gasteiger partial charge in [-0.2, -0.15) is 0 Å². The molecule has 0 fully saturated rings. The van der Waals surface area contributed by atoms with Gasteiger partial charge in [-0.25, -0.2) is 4.79 Å². The summed E-state index contributed by atoms with van der Waals surface area (Å²) in [5, 5.41) is 9.55. The molecule has 8 nitrogen and oxygen atoms in total. The van der Waals surface area contributed by atoms with Crippen LogP contribution in [0.15, 0.2) is 12.2 Å². The molecule has 0 aliphatic heterocycles. The van der Waals surface area contributed by atoms with Crippen LogP contribution in [0.1, 0.15) is 149 Å². The number of carboxylic acids is 1. The molecular weight excluding hydrogens is 558 g/mol. The molecule has 0 radical (unpaired) electrons. The Labute approximate surface area is 269 Å². The van der Waals surface area contributed by atoms with Gasteiger partial charge < -0.3 is 23.8 Å². The SMILES string of the molecule is CCCC/C=C/CCCCCCCC(=O)OC(COCCC(C(=O)O)[N+](C)(C)C)COC(=O)CCCCCCCCCCC. The molecule has 0 bridgehead atoms. The number of nitrogens with zero attached hydrogens (tertiary/aromatic N) is 1. The van der Waals surface area contributed by atoms with Gasteiger partial charge in [0.15, 0.2) is 12.1 Å². The Morgan fingerprint density at radius 1 is 0.659 bits per heavy atom. The van der Waals surface area contributed by atoms with Crippen molar-refractivity contribution in [2.24, 2.45) is 0 Å². The van der Waals surface area contributed by atoms with Gasteiger partial charge in [-0.15, -0.1) is 0 Å². The fourth-order valence-corrected chi connectivity index (χ4v) is 5.07. The molecule has 44 heavy (non-hydrogen) atoms.